The normalized spacial score (nSPS) is 12.5. The molecule has 184 valence electrons. The Hall–Kier alpha value is -3.23. The SMILES string of the molecule is CC(=S)NC/C(C)=C/C(C)(C)[C@H](NC(=O)OCc1ccccc1)c1csc(Nc2ccccc2)n1. The van der Waals surface area contributed by atoms with Gasteiger partial charge in [-0.3, -0.25) is 0 Å². The summed E-state index contributed by atoms with van der Waals surface area (Å²) in [5.41, 5.74) is 3.31. The molecule has 0 spiro atoms. The summed E-state index contributed by atoms with van der Waals surface area (Å²) in [6, 6.07) is 19.1. The molecule has 0 aliphatic carbocycles. The number of para-hydroxylation sites is 1. The number of thiazole rings is 1. The van der Waals surface area contributed by atoms with Crippen LogP contribution in [0, 0.1) is 5.41 Å². The van der Waals surface area contributed by atoms with Gasteiger partial charge >= 0.3 is 6.09 Å². The van der Waals surface area contributed by atoms with E-state index in [-0.39, 0.29) is 6.61 Å². The van der Waals surface area contributed by atoms with Crippen molar-refractivity contribution in [3.63, 3.8) is 0 Å². The van der Waals surface area contributed by atoms with E-state index >= 15 is 0 Å². The maximum atomic E-state index is 12.8. The third kappa shape index (κ3) is 8.49. The predicted molar refractivity (Wildman–Crippen MR) is 148 cm³/mol. The predicted octanol–water partition coefficient (Wildman–Crippen LogP) is 6.76. The van der Waals surface area contributed by atoms with Gasteiger partial charge in [0.05, 0.1) is 16.7 Å². The monoisotopic (exact) mass is 508 g/mol. The number of aromatic nitrogens is 1. The van der Waals surface area contributed by atoms with Crippen molar-refractivity contribution in [1.82, 2.24) is 15.6 Å². The Morgan fingerprint density at radius 3 is 2.43 bits per heavy atom. The maximum Gasteiger partial charge on any atom is 0.408 e. The number of benzene rings is 2. The minimum absolute atomic E-state index is 0.199. The molecule has 1 amide bonds. The average Bonchev–Trinajstić information content (AvgIpc) is 3.28. The van der Waals surface area contributed by atoms with Crippen molar-refractivity contribution in [1.29, 1.82) is 0 Å². The van der Waals surface area contributed by atoms with E-state index < -0.39 is 17.6 Å². The molecule has 8 heteroatoms. The van der Waals surface area contributed by atoms with Crippen LogP contribution in [0.15, 0.2) is 77.7 Å². The molecule has 1 heterocycles. The molecule has 2 aromatic carbocycles. The molecule has 1 aromatic heterocycles. The molecular formula is C27H32N4O2S2. The fourth-order valence-electron chi connectivity index (χ4n) is 3.68. The number of hydrogen-bond donors (Lipinski definition) is 3. The molecular weight excluding hydrogens is 476 g/mol. The molecule has 0 saturated carbocycles. The first-order valence-corrected chi connectivity index (χ1v) is 12.7. The first-order chi connectivity index (χ1) is 16.7. The number of hydrogen-bond acceptors (Lipinski definition) is 6. The smallest absolute Gasteiger partial charge is 0.408 e. The van der Waals surface area contributed by atoms with Gasteiger partial charge in [0.1, 0.15) is 6.61 Å². The van der Waals surface area contributed by atoms with Crippen LogP contribution in [0.2, 0.25) is 0 Å². The Morgan fingerprint density at radius 2 is 1.77 bits per heavy atom. The van der Waals surface area contributed by atoms with Crippen molar-refractivity contribution in [2.24, 2.45) is 5.41 Å². The summed E-state index contributed by atoms with van der Waals surface area (Å²) in [7, 11) is 0. The number of ether oxygens (including phenoxy) is 1. The highest BCUT2D eigenvalue weighted by atomic mass is 32.1. The van der Waals surface area contributed by atoms with Gasteiger partial charge in [0, 0.05) is 23.0 Å². The van der Waals surface area contributed by atoms with E-state index in [0.29, 0.717) is 6.54 Å². The van der Waals surface area contributed by atoms with Gasteiger partial charge in [0.2, 0.25) is 0 Å². The van der Waals surface area contributed by atoms with Gasteiger partial charge in [-0.15, -0.1) is 11.3 Å². The standard InChI is InChI=1S/C27H32N4O2S2/c1-19(16-28-20(2)34)15-27(3,4)24(31-26(32)33-17-21-11-7-5-8-12-21)23-18-35-25(30-23)29-22-13-9-6-10-14-22/h5-15,18,24H,16-17H2,1-4H3,(H,28,34)(H,29,30)(H,31,32)/b19-15+/t24-/m1/s1. The quantitative estimate of drug-likeness (QED) is 0.207. The summed E-state index contributed by atoms with van der Waals surface area (Å²) >= 11 is 6.63. The zero-order valence-corrected chi connectivity index (χ0v) is 22.1. The highest BCUT2D eigenvalue weighted by Gasteiger charge is 2.33. The van der Waals surface area contributed by atoms with Gasteiger partial charge in [0.25, 0.3) is 0 Å². The number of rotatable bonds is 10. The topological polar surface area (TPSA) is 75.3 Å². The number of anilines is 2. The van der Waals surface area contributed by atoms with E-state index in [2.05, 4.69) is 35.9 Å². The lowest BCUT2D eigenvalue weighted by molar-refractivity contribution is 0.128. The van der Waals surface area contributed by atoms with Crippen molar-refractivity contribution in [2.45, 2.75) is 40.3 Å². The van der Waals surface area contributed by atoms with E-state index in [1.54, 1.807) is 0 Å². The van der Waals surface area contributed by atoms with Crippen LogP contribution in [0.4, 0.5) is 15.6 Å². The van der Waals surface area contributed by atoms with Gasteiger partial charge < -0.3 is 20.7 Å². The first-order valence-electron chi connectivity index (χ1n) is 11.4. The highest BCUT2D eigenvalue weighted by molar-refractivity contribution is 7.80. The molecule has 0 radical (unpaired) electrons. The Balaban J connectivity index is 1.80. The van der Waals surface area contributed by atoms with Crippen LogP contribution in [0.25, 0.3) is 0 Å². The summed E-state index contributed by atoms with van der Waals surface area (Å²) in [5.74, 6) is 0. The van der Waals surface area contributed by atoms with Crippen molar-refractivity contribution in [2.75, 3.05) is 11.9 Å². The van der Waals surface area contributed by atoms with Crippen LogP contribution in [0.5, 0.6) is 0 Å². The molecule has 0 aliphatic rings. The van der Waals surface area contributed by atoms with Gasteiger partial charge in [-0.05, 0) is 31.5 Å². The Bertz CT molecular complexity index is 1140. The number of nitrogens with one attached hydrogen (secondary N) is 3. The summed E-state index contributed by atoms with van der Waals surface area (Å²) in [6.07, 6.45) is 1.65. The molecule has 0 aliphatic heterocycles. The lowest BCUT2D eigenvalue weighted by Gasteiger charge is -2.32. The van der Waals surface area contributed by atoms with Crippen molar-refractivity contribution < 1.29 is 9.53 Å². The van der Waals surface area contributed by atoms with E-state index in [9.17, 15) is 4.79 Å². The van der Waals surface area contributed by atoms with Crippen molar-refractivity contribution >= 4 is 45.5 Å². The summed E-state index contributed by atoms with van der Waals surface area (Å²) < 4.78 is 5.52. The molecule has 0 fully saturated rings. The minimum atomic E-state index is -0.489. The van der Waals surface area contributed by atoms with E-state index in [1.165, 1.54) is 11.3 Å². The fraction of sp³-hybridized carbons (Fsp3) is 0.296. The summed E-state index contributed by atoms with van der Waals surface area (Å²) in [6.45, 7) is 8.89. The number of nitrogens with zero attached hydrogens (tertiary/aromatic N) is 1. The molecule has 0 saturated heterocycles. The molecule has 3 N–H and O–H groups in total. The van der Waals surface area contributed by atoms with Gasteiger partial charge in [-0.2, -0.15) is 0 Å². The summed E-state index contributed by atoms with van der Waals surface area (Å²) in [4.78, 5) is 18.4. The zero-order chi connectivity index (χ0) is 25.3. The third-order valence-corrected chi connectivity index (χ3v) is 6.22. The van der Waals surface area contributed by atoms with Crippen LogP contribution in [0.1, 0.15) is 45.0 Å². The number of carbonyl (C=O) groups excluding carboxylic acids is 1. The summed E-state index contributed by atoms with van der Waals surface area (Å²) in [5, 5.41) is 12.3. The van der Waals surface area contributed by atoms with Crippen LogP contribution in [0.3, 0.4) is 0 Å². The Kier molecular flexibility index (Phi) is 9.39. The van der Waals surface area contributed by atoms with E-state index in [0.717, 1.165) is 32.6 Å². The van der Waals surface area contributed by atoms with Crippen molar-refractivity contribution in [3.8, 4) is 0 Å². The number of alkyl carbamates (subject to hydrolysis) is 1. The minimum Gasteiger partial charge on any atom is -0.445 e. The maximum absolute atomic E-state index is 12.8. The molecule has 6 nitrogen and oxygen atoms in total. The average molecular weight is 509 g/mol. The second-order valence-electron chi connectivity index (χ2n) is 8.93. The van der Waals surface area contributed by atoms with E-state index in [1.807, 2.05) is 79.9 Å². The first kappa shape index (κ1) is 26.4. The van der Waals surface area contributed by atoms with Gasteiger partial charge in [-0.25, -0.2) is 9.78 Å². The second kappa shape index (κ2) is 12.5. The zero-order valence-electron chi connectivity index (χ0n) is 20.5. The van der Waals surface area contributed by atoms with Gasteiger partial charge in [-0.1, -0.05) is 86.2 Å². The molecule has 0 unspecified atom stereocenters. The second-order valence-corrected chi connectivity index (χ2v) is 10.4. The lowest BCUT2D eigenvalue weighted by atomic mass is 9.81. The molecule has 1 atom stereocenters. The Labute approximate surface area is 216 Å². The highest BCUT2D eigenvalue weighted by Crippen LogP contribution is 2.37. The number of amides is 1. The van der Waals surface area contributed by atoms with Crippen LogP contribution >= 0.6 is 23.6 Å². The molecule has 3 rings (SSSR count). The molecule has 35 heavy (non-hydrogen) atoms. The molecule has 0 bridgehead atoms. The van der Waals surface area contributed by atoms with Gasteiger partial charge in [0.15, 0.2) is 5.13 Å². The van der Waals surface area contributed by atoms with Crippen LogP contribution in [-0.4, -0.2) is 22.6 Å². The fourth-order valence-corrected chi connectivity index (χ4v) is 4.51. The Morgan fingerprint density at radius 1 is 1.11 bits per heavy atom. The van der Waals surface area contributed by atoms with Crippen LogP contribution in [-0.2, 0) is 11.3 Å². The van der Waals surface area contributed by atoms with Crippen LogP contribution < -0.4 is 16.0 Å². The third-order valence-electron chi connectivity index (χ3n) is 5.30. The number of carbonyl (C=O) groups is 1. The largest absolute Gasteiger partial charge is 0.445 e. The molecule has 3 aromatic rings. The lowest BCUT2D eigenvalue weighted by Crippen LogP contribution is -2.38. The number of thiocarbonyl (C=S) groups is 1. The van der Waals surface area contributed by atoms with E-state index in [4.69, 9.17) is 21.9 Å². The van der Waals surface area contributed by atoms with Crippen molar-refractivity contribution in [3.05, 3.63) is 89.0 Å².